The van der Waals surface area contributed by atoms with E-state index in [1.54, 1.807) is 42.5 Å². The smallest absolute Gasteiger partial charge is 0.326 e. The molecule has 1 atom stereocenters. The Morgan fingerprint density at radius 1 is 1.03 bits per heavy atom. The fourth-order valence-electron chi connectivity index (χ4n) is 2.85. The van der Waals surface area contributed by atoms with Crippen molar-refractivity contribution in [3.05, 3.63) is 59.7 Å². The molecule has 1 heterocycles. The number of amides is 2. The third-order valence-corrected chi connectivity index (χ3v) is 4.40. The van der Waals surface area contributed by atoms with E-state index in [0.717, 1.165) is 4.90 Å². The summed E-state index contributed by atoms with van der Waals surface area (Å²) in [5.41, 5.74) is 1.51. The maximum absolute atomic E-state index is 12.2. The second kappa shape index (κ2) is 8.05. The first-order chi connectivity index (χ1) is 13.8. The number of carbonyl (C=O) groups is 5. The van der Waals surface area contributed by atoms with Crippen LogP contribution in [0.5, 0.6) is 0 Å². The molecule has 1 aliphatic rings. The minimum absolute atomic E-state index is 0.0957. The Kier molecular flexibility index (Phi) is 5.54. The number of fused-ring (bicyclic) bond motifs is 1. The van der Waals surface area contributed by atoms with Crippen molar-refractivity contribution in [2.75, 3.05) is 16.8 Å². The van der Waals surface area contributed by atoms with E-state index in [1.807, 2.05) is 0 Å². The van der Waals surface area contributed by atoms with Crippen molar-refractivity contribution in [2.24, 2.45) is 0 Å². The van der Waals surface area contributed by atoms with Gasteiger partial charge in [-0.05, 0) is 50.2 Å². The summed E-state index contributed by atoms with van der Waals surface area (Å²) in [7, 11) is 0. The Labute approximate surface area is 166 Å². The summed E-state index contributed by atoms with van der Waals surface area (Å²) in [4.78, 5) is 60.8. The van der Waals surface area contributed by atoms with Gasteiger partial charge >= 0.3 is 5.97 Å². The van der Waals surface area contributed by atoms with Crippen molar-refractivity contribution in [3.63, 3.8) is 0 Å². The third-order valence-electron chi connectivity index (χ3n) is 4.40. The van der Waals surface area contributed by atoms with Gasteiger partial charge < -0.3 is 10.1 Å². The van der Waals surface area contributed by atoms with Gasteiger partial charge in [-0.3, -0.25) is 28.9 Å². The monoisotopic (exact) mass is 394 g/mol. The zero-order valence-corrected chi connectivity index (χ0v) is 15.8. The molecule has 1 aliphatic heterocycles. The van der Waals surface area contributed by atoms with E-state index in [2.05, 4.69) is 5.32 Å². The number of nitrogens with zero attached hydrogens (tertiary/aromatic N) is 1. The van der Waals surface area contributed by atoms with E-state index in [9.17, 15) is 24.0 Å². The van der Waals surface area contributed by atoms with Gasteiger partial charge in [0, 0.05) is 11.3 Å². The summed E-state index contributed by atoms with van der Waals surface area (Å²) in [6.07, 6.45) is -1.13. The number of rotatable bonds is 6. The minimum atomic E-state index is -1.13. The molecule has 2 aromatic carbocycles. The third kappa shape index (κ3) is 4.21. The zero-order valence-electron chi connectivity index (χ0n) is 15.8. The standard InChI is InChI=1S/C21H18N2O6/c1-12(24)14-7-9-15(10-8-14)22-20(27)13(2)29-18(25)11-23-17-6-4-3-5-16(17)19(26)21(23)28/h3-10,13H,11H2,1-2H3,(H,22,27)/t13-/m0/s1. The number of hydrogen-bond donors (Lipinski definition) is 1. The number of ether oxygens (including phenoxy) is 1. The minimum Gasteiger partial charge on any atom is -0.451 e. The molecule has 0 saturated carbocycles. The largest absolute Gasteiger partial charge is 0.451 e. The van der Waals surface area contributed by atoms with Crippen LogP contribution in [-0.2, 0) is 19.1 Å². The fraction of sp³-hybridized carbons (Fsp3) is 0.190. The van der Waals surface area contributed by atoms with E-state index < -0.39 is 36.2 Å². The molecule has 0 bridgehead atoms. The van der Waals surface area contributed by atoms with Crippen LogP contribution >= 0.6 is 0 Å². The zero-order chi connectivity index (χ0) is 21.1. The van der Waals surface area contributed by atoms with Gasteiger partial charge in [0.15, 0.2) is 11.9 Å². The molecule has 2 amide bonds. The highest BCUT2D eigenvalue weighted by molar-refractivity contribution is 6.52. The Morgan fingerprint density at radius 2 is 1.69 bits per heavy atom. The highest BCUT2D eigenvalue weighted by atomic mass is 16.5. The second-order valence-electron chi connectivity index (χ2n) is 6.49. The first-order valence-electron chi connectivity index (χ1n) is 8.84. The number of para-hydroxylation sites is 1. The molecule has 29 heavy (non-hydrogen) atoms. The number of Topliss-reactive ketones (excluding diaryl/α,β-unsaturated/α-hetero) is 2. The van der Waals surface area contributed by atoms with Crippen molar-refractivity contribution in [2.45, 2.75) is 20.0 Å². The van der Waals surface area contributed by atoms with Gasteiger partial charge in [-0.25, -0.2) is 0 Å². The molecule has 148 valence electrons. The highest BCUT2D eigenvalue weighted by Crippen LogP contribution is 2.28. The van der Waals surface area contributed by atoms with E-state index in [1.165, 1.54) is 19.9 Å². The SMILES string of the molecule is CC(=O)c1ccc(NC(=O)[C@H](C)OC(=O)CN2C(=O)C(=O)c3ccccc32)cc1. The Morgan fingerprint density at radius 3 is 2.34 bits per heavy atom. The highest BCUT2D eigenvalue weighted by Gasteiger charge is 2.37. The van der Waals surface area contributed by atoms with Crippen molar-refractivity contribution in [3.8, 4) is 0 Å². The van der Waals surface area contributed by atoms with Crippen LogP contribution in [0.15, 0.2) is 48.5 Å². The Balaban J connectivity index is 1.59. The van der Waals surface area contributed by atoms with Crippen LogP contribution in [0.4, 0.5) is 11.4 Å². The first-order valence-corrected chi connectivity index (χ1v) is 8.84. The quantitative estimate of drug-likeness (QED) is 0.456. The van der Waals surface area contributed by atoms with Gasteiger partial charge in [-0.1, -0.05) is 12.1 Å². The van der Waals surface area contributed by atoms with Crippen LogP contribution in [0.2, 0.25) is 0 Å². The lowest BCUT2D eigenvalue weighted by Gasteiger charge is -2.18. The molecule has 0 spiro atoms. The lowest BCUT2D eigenvalue weighted by molar-refractivity contribution is -0.152. The number of esters is 1. The maximum Gasteiger partial charge on any atom is 0.326 e. The van der Waals surface area contributed by atoms with Gasteiger partial charge in [0.1, 0.15) is 6.54 Å². The van der Waals surface area contributed by atoms with Crippen molar-refractivity contribution >= 4 is 40.7 Å². The summed E-state index contributed by atoms with van der Waals surface area (Å²) in [6, 6.07) is 12.6. The van der Waals surface area contributed by atoms with Crippen LogP contribution in [0.1, 0.15) is 34.6 Å². The molecule has 8 nitrogen and oxygen atoms in total. The second-order valence-corrected chi connectivity index (χ2v) is 6.49. The summed E-state index contributed by atoms with van der Waals surface area (Å²) in [6.45, 7) is 2.35. The first kappa shape index (κ1) is 19.9. The molecular weight excluding hydrogens is 376 g/mol. The van der Waals surface area contributed by atoms with Crippen LogP contribution in [0.25, 0.3) is 0 Å². The predicted molar refractivity (Wildman–Crippen MR) is 104 cm³/mol. The lowest BCUT2D eigenvalue weighted by Crippen LogP contribution is -2.38. The molecule has 3 rings (SSSR count). The number of anilines is 2. The van der Waals surface area contributed by atoms with Crippen LogP contribution in [0.3, 0.4) is 0 Å². The van der Waals surface area contributed by atoms with E-state index in [4.69, 9.17) is 4.74 Å². The van der Waals surface area contributed by atoms with Crippen LogP contribution in [0, 0.1) is 0 Å². The van der Waals surface area contributed by atoms with Gasteiger partial charge in [-0.2, -0.15) is 0 Å². The van der Waals surface area contributed by atoms with E-state index in [0.29, 0.717) is 16.9 Å². The van der Waals surface area contributed by atoms with Crippen LogP contribution < -0.4 is 10.2 Å². The molecule has 0 aliphatic carbocycles. The van der Waals surface area contributed by atoms with Crippen molar-refractivity contribution < 1.29 is 28.7 Å². The molecule has 0 fully saturated rings. The number of ketones is 2. The lowest BCUT2D eigenvalue weighted by atomic mass is 10.1. The maximum atomic E-state index is 12.2. The molecule has 0 unspecified atom stereocenters. The molecule has 1 N–H and O–H groups in total. The number of nitrogens with one attached hydrogen (secondary N) is 1. The van der Waals surface area contributed by atoms with E-state index >= 15 is 0 Å². The average Bonchev–Trinajstić information content (AvgIpc) is 2.93. The topological polar surface area (TPSA) is 110 Å². The summed E-state index contributed by atoms with van der Waals surface area (Å²) in [5.74, 6) is -2.99. The number of hydrogen-bond acceptors (Lipinski definition) is 6. The molecule has 0 saturated heterocycles. The predicted octanol–water partition coefficient (Wildman–Crippen LogP) is 1.99. The molecule has 0 radical (unpaired) electrons. The average molecular weight is 394 g/mol. The summed E-state index contributed by atoms with van der Waals surface area (Å²) in [5, 5.41) is 2.58. The molecule has 0 aromatic heterocycles. The van der Waals surface area contributed by atoms with Gasteiger partial charge in [-0.15, -0.1) is 0 Å². The summed E-state index contributed by atoms with van der Waals surface area (Å²) >= 11 is 0. The molecule has 8 heteroatoms. The van der Waals surface area contributed by atoms with Gasteiger partial charge in [0.2, 0.25) is 0 Å². The fourth-order valence-corrected chi connectivity index (χ4v) is 2.85. The normalized spacial score (nSPS) is 13.7. The molecule has 2 aromatic rings. The number of carbonyl (C=O) groups excluding carboxylic acids is 5. The van der Waals surface area contributed by atoms with E-state index in [-0.39, 0.29) is 11.3 Å². The van der Waals surface area contributed by atoms with Gasteiger partial charge in [0.05, 0.1) is 11.3 Å². The van der Waals surface area contributed by atoms with Gasteiger partial charge in [0.25, 0.3) is 17.6 Å². The van der Waals surface area contributed by atoms with Crippen molar-refractivity contribution in [1.29, 1.82) is 0 Å². The van der Waals surface area contributed by atoms with Crippen molar-refractivity contribution in [1.82, 2.24) is 0 Å². The van der Waals surface area contributed by atoms with Crippen LogP contribution in [-0.4, -0.2) is 42.0 Å². The Bertz CT molecular complexity index is 1010. The Hall–Kier alpha value is -3.81. The molecular formula is C21H18N2O6. The number of benzene rings is 2. The summed E-state index contributed by atoms with van der Waals surface area (Å²) < 4.78 is 5.10.